The van der Waals surface area contributed by atoms with Crippen LogP contribution in [-0.2, 0) is 6.42 Å². The van der Waals surface area contributed by atoms with Crippen LogP contribution in [0.15, 0.2) is 30.3 Å². The molecule has 166 valence electrons. The van der Waals surface area contributed by atoms with Gasteiger partial charge in [-0.25, -0.2) is 4.79 Å². The summed E-state index contributed by atoms with van der Waals surface area (Å²) in [4.78, 5) is 11.5. The third kappa shape index (κ3) is 8.01. The Morgan fingerprint density at radius 3 is 1.80 bits per heavy atom. The third-order valence-corrected chi connectivity index (χ3v) is 6.14. The highest BCUT2D eigenvalue weighted by atomic mass is 16.4. The van der Waals surface area contributed by atoms with E-state index in [1.54, 1.807) is 6.07 Å². The highest BCUT2D eigenvalue weighted by Crippen LogP contribution is 2.32. The lowest BCUT2D eigenvalue weighted by Crippen LogP contribution is -2.00. The van der Waals surface area contributed by atoms with Gasteiger partial charge < -0.3 is 10.2 Å². The predicted octanol–water partition coefficient (Wildman–Crippen LogP) is 8.27. The van der Waals surface area contributed by atoms with E-state index in [2.05, 4.69) is 6.92 Å². The summed E-state index contributed by atoms with van der Waals surface area (Å²) < 4.78 is 0. The Hall–Kier alpha value is -2.03. The molecule has 0 bridgehead atoms. The Balaban J connectivity index is 1.63. The minimum absolute atomic E-state index is 0.00839. The molecule has 3 nitrogen and oxygen atoms in total. The molecule has 0 amide bonds. The molecule has 0 atom stereocenters. The van der Waals surface area contributed by atoms with Gasteiger partial charge in [0.05, 0.1) is 0 Å². The summed E-state index contributed by atoms with van der Waals surface area (Å²) in [5.74, 6) is -1.13. The quantitative estimate of drug-likeness (QED) is 0.273. The highest BCUT2D eigenvalue weighted by molar-refractivity contribution is 5.99. The van der Waals surface area contributed by atoms with Crippen molar-refractivity contribution in [1.82, 2.24) is 0 Å². The van der Waals surface area contributed by atoms with Crippen molar-refractivity contribution in [2.45, 2.75) is 103 Å². The maximum atomic E-state index is 11.5. The van der Waals surface area contributed by atoms with E-state index in [9.17, 15) is 15.0 Å². The van der Waals surface area contributed by atoms with Crippen molar-refractivity contribution in [1.29, 1.82) is 0 Å². The average Bonchev–Trinajstić information content (AvgIpc) is 2.74. The van der Waals surface area contributed by atoms with Crippen LogP contribution in [0.3, 0.4) is 0 Å². The van der Waals surface area contributed by atoms with E-state index in [-0.39, 0.29) is 11.3 Å². The number of carboxylic acids is 1. The minimum Gasteiger partial charge on any atom is -0.507 e. The zero-order chi connectivity index (χ0) is 21.6. The number of benzene rings is 2. The number of aromatic hydroxyl groups is 1. The zero-order valence-electron chi connectivity index (χ0n) is 18.8. The molecule has 2 N–H and O–H groups in total. The summed E-state index contributed by atoms with van der Waals surface area (Å²) in [6, 6.07) is 9.30. The molecule has 0 saturated carbocycles. The molecule has 0 aliphatic heterocycles. The van der Waals surface area contributed by atoms with E-state index < -0.39 is 5.97 Å². The van der Waals surface area contributed by atoms with Crippen molar-refractivity contribution in [3.05, 3.63) is 41.5 Å². The standard InChI is InChI=1S/C27H40O3/c1-2-3-4-5-6-7-8-9-10-11-12-13-14-15-20-24-23-19-17-16-18-22(23)21-25(26(24)28)27(29)30/h16-19,21,28H,2-15,20H2,1H3,(H,29,30). The second-order valence-electron chi connectivity index (χ2n) is 8.62. The topological polar surface area (TPSA) is 57.5 Å². The molecule has 0 unspecified atom stereocenters. The predicted molar refractivity (Wildman–Crippen MR) is 127 cm³/mol. The number of rotatable bonds is 16. The molecule has 0 aliphatic carbocycles. The first-order valence-corrected chi connectivity index (χ1v) is 12.1. The molecule has 0 heterocycles. The fourth-order valence-corrected chi connectivity index (χ4v) is 4.32. The summed E-state index contributed by atoms with van der Waals surface area (Å²) in [6.45, 7) is 2.27. The van der Waals surface area contributed by atoms with Gasteiger partial charge in [-0.15, -0.1) is 0 Å². The first-order valence-electron chi connectivity index (χ1n) is 12.1. The Morgan fingerprint density at radius 1 is 0.767 bits per heavy atom. The lowest BCUT2D eigenvalue weighted by molar-refractivity contribution is 0.0693. The van der Waals surface area contributed by atoms with Gasteiger partial charge in [0.25, 0.3) is 0 Å². The number of aryl methyl sites for hydroxylation is 1. The van der Waals surface area contributed by atoms with Gasteiger partial charge in [-0.3, -0.25) is 0 Å². The fourth-order valence-electron chi connectivity index (χ4n) is 4.32. The number of carbonyl (C=O) groups is 1. The molecular formula is C27H40O3. The molecule has 2 aromatic carbocycles. The van der Waals surface area contributed by atoms with Gasteiger partial charge in [-0.1, -0.05) is 115 Å². The van der Waals surface area contributed by atoms with Crippen molar-refractivity contribution < 1.29 is 15.0 Å². The van der Waals surface area contributed by atoms with Crippen molar-refractivity contribution in [3.63, 3.8) is 0 Å². The van der Waals surface area contributed by atoms with E-state index in [0.717, 1.165) is 35.6 Å². The summed E-state index contributed by atoms with van der Waals surface area (Å²) in [7, 11) is 0. The Morgan fingerprint density at radius 2 is 1.27 bits per heavy atom. The largest absolute Gasteiger partial charge is 0.507 e. The molecule has 0 aliphatic rings. The van der Waals surface area contributed by atoms with Crippen molar-refractivity contribution in [2.24, 2.45) is 0 Å². The number of hydrogen-bond donors (Lipinski definition) is 2. The third-order valence-electron chi connectivity index (χ3n) is 6.14. The molecule has 2 aromatic rings. The molecule has 30 heavy (non-hydrogen) atoms. The van der Waals surface area contributed by atoms with Crippen LogP contribution in [0.2, 0.25) is 0 Å². The van der Waals surface area contributed by atoms with Crippen LogP contribution >= 0.6 is 0 Å². The van der Waals surface area contributed by atoms with E-state index >= 15 is 0 Å². The van der Waals surface area contributed by atoms with Crippen molar-refractivity contribution in [3.8, 4) is 5.75 Å². The van der Waals surface area contributed by atoms with E-state index in [1.165, 1.54) is 77.0 Å². The van der Waals surface area contributed by atoms with Crippen LogP contribution in [-0.4, -0.2) is 16.2 Å². The first-order chi connectivity index (χ1) is 14.6. The molecule has 0 saturated heterocycles. The number of fused-ring (bicyclic) bond motifs is 1. The van der Waals surface area contributed by atoms with Crippen molar-refractivity contribution in [2.75, 3.05) is 0 Å². The van der Waals surface area contributed by atoms with Gasteiger partial charge in [-0.05, 0) is 29.7 Å². The van der Waals surface area contributed by atoms with Crippen LogP contribution in [0.1, 0.15) is 113 Å². The van der Waals surface area contributed by atoms with Crippen LogP contribution in [0, 0.1) is 0 Å². The molecule has 0 spiro atoms. The monoisotopic (exact) mass is 412 g/mol. The smallest absolute Gasteiger partial charge is 0.339 e. The summed E-state index contributed by atoms with van der Waals surface area (Å²) in [6.07, 6.45) is 19.1. The first kappa shape index (κ1) is 24.2. The molecule has 0 fully saturated rings. The van der Waals surface area contributed by atoms with Gasteiger partial charge in [0.1, 0.15) is 11.3 Å². The van der Waals surface area contributed by atoms with Gasteiger partial charge in [0, 0.05) is 5.56 Å². The Bertz CT molecular complexity index is 766. The second-order valence-corrected chi connectivity index (χ2v) is 8.62. The molecule has 0 radical (unpaired) electrons. The molecule has 0 aromatic heterocycles. The van der Waals surface area contributed by atoms with Gasteiger partial charge in [0.2, 0.25) is 0 Å². The number of unbranched alkanes of at least 4 members (excludes halogenated alkanes) is 13. The van der Waals surface area contributed by atoms with E-state index in [0.29, 0.717) is 0 Å². The maximum Gasteiger partial charge on any atom is 0.339 e. The Labute approximate surface area is 182 Å². The highest BCUT2D eigenvalue weighted by Gasteiger charge is 2.16. The molecular weight excluding hydrogens is 372 g/mol. The molecule has 3 heteroatoms. The second kappa shape index (κ2) is 14.1. The number of carboxylic acid groups (broad SMARTS) is 1. The summed E-state index contributed by atoms with van der Waals surface area (Å²) in [5.41, 5.74) is 0.790. The van der Waals surface area contributed by atoms with Crippen LogP contribution in [0.5, 0.6) is 5.75 Å². The number of phenols is 1. The number of aromatic carboxylic acids is 1. The summed E-state index contributed by atoms with van der Waals surface area (Å²) in [5, 5.41) is 21.7. The Kier molecular flexibility index (Phi) is 11.4. The van der Waals surface area contributed by atoms with Gasteiger partial charge in [0.15, 0.2) is 0 Å². The normalized spacial score (nSPS) is 11.2. The van der Waals surface area contributed by atoms with E-state index in [4.69, 9.17) is 0 Å². The fraction of sp³-hybridized carbons (Fsp3) is 0.593. The lowest BCUT2D eigenvalue weighted by atomic mass is 9.95. The zero-order valence-corrected chi connectivity index (χ0v) is 18.8. The minimum atomic E-state index is -1.07. The van der Waals surface area contributed by atoms with Crippen LogP contribution in [0.25, 0.3) is 10.8 Å². The molecule has 2 rings (SSSR count). The van der Waals surface area contributed by atoms with Crippen LogP contribution < -0.4 is 0 Å². The average molecular weight is 413 g/mol. The maximum absolute atomic E-state index is 11.5. The SMILES string of the molecule is CCCCCCCCCCCCCCCCc1c(O)c(C(=O)O)cc2ccccc12. The van der Waals surface area contributed by atoms with Gasteiger partial charge in [-0.2, -0.15) is 0 Å². The van der Waals surface area contributed by atoms with Crippen molar-refractivity contribution >= 4 is 16.7 Å². The lowest BCUT2D eigenvalue weighted by Gasteiger charge is -2.12. The number of hydrogen-bond acceptors (Lipinski definition) is 2. The van der Waals surface area contributed by atoms with Crippen LogP contribution in [0.4, 0.5) is 0 Å². The van der Waals surface area contributed by atoms with Gasteiger partial charge >= 0.3 is 5.97 Å². The summed E-state index contributed by atoms with van der Waals surface area (Å²) >= 11 is 0. The van der Waals surface area contributed by atoms with E-state index in [1.807, 2.05) is 24.3 Å².